The van der Waals surface area contributed by atoms with Gasteiger partial charge in [-0.2, -0.15) is 0 Å². The Kier molecular flexibility index (Phi) is 7.54. The molecule has 0 bridgehead atoms. The lowest BCUT2D eigenvalue weighted by molar-refractivity contribution is 0.234. The summed E-state index contributed by atoms with van der Waals surface area (Å²) in [5.41, 5.74) is 5.65. The molecule has 16 heavy (non-hydrogen) atoms. The number of carbonyl (C=O) groups excluding carboxylic acids is 1. The van der Waals surface area contributed by atoms with Crippen LogP contribution >= 0.6 is 0 Å². The van der Waals surface area contributed by atoms with Crippen LogP contribution in [0.3, 0.4) is 0 Å². The average Bonchev–Trinajstić information content (AvgIpc) is 2.12. The summed E-state index contributed by atoms with van der Waals surface area (Å²) in [5, 5.41) is 5.65. The molecule has 2 amide bonds. The Labute approximate surface area is 97.9 Å². The maximum Gasteiger partial charge on any atom is 0.315 e. The van der Waals surface area contributed by atoms with Gasteiger partial charge in [-0.25, -0.2) is 4.79 Å². The molecule has 0 spiro atoms. The Morgan fingerprint density at radius 3 is 2.38 bits per heavy atom. The summed E-state index contributed by atoms with van der Waals surface area (Å²) in [5.74, 6) is 0. The van der Waals surface area contributed by atoms with E-state index in [0.717, 1.165) is 6.42 Å². The van der Waals surface area contributed by atoms with Crippen LogP contribution < -0.4 is 16.4 Å². The fraction of sp³-hybridized carbons (Fsp3) is 0.818. The molecule has 5 heteroatoms. The van der Waals surface area contributed by atoms with Gasteiger partial charge < -0.3 is 16.4 Å². The smallest absolute Gasteiger partial charge is 0.315 e. The van der Waals surface area contributed by atoms with Crippen LogP contribution in [0.4, 0.5) is 4.79 Å². The first-order valence-electron chi connectivity index (χ1n) is 5.72. The molecule has 0 aromatic rings. The second-order valence-corrected chi connectivity index (χ2v) is 4.26. The molecule has 5 nitrogen and oxygen atoms in total. The van der Waals surface area contributed by atoms with E-state index in [2.05, 4.69) is 15.6 Å². The van der Waals surface area contributed by atoms with Gasteiger partial charge >= 0.3 is 6.03 Å². The van der Waals surface area contributed by atoms with Crippen LogP contribution in [0.2, 0.25) is 0 Å². The normalized spacial score (nSPS) is 16.8. The van der Waals surface area contributed by atoms with E-state index in [0.29, 0.717) is 6.54 Å². The van der Waals surface area contributed by atoms with E-state index in [1.165, 1.54) is 0 Å². The van der Waals surface area contributed by atoms with Crippen molar-refractivity contribution in [3.05, 3.63) is 0 Å². The van der Waals surface area contributed by atoms with Crippen molar-refractivity contribution in [2.75, 3.05) is 6.54 Å². The predicted octanol–water partition coefficient (Wildman–Crippen LogP) is 0.891. The first-order chi connectivity index (χ1) is 7.45. The van der Waals surface area contributed by atoms with Crippen molar-refractivity contribution in [1.82, 2.24) is 10.6 Å². The fourth-order valence-electron chi connectivity index (χ4n) is 1.42. The third-order valence-electron chi connectivity index (χ3n) is 2.04. The first-order valence-corrected chi connectivity index (χ1v) is 5.72. The van der Waals surface area contributed by atoms with Crippen LogP contribution in [0.15, 0.2) is 4.99 Å². The second kappa shape index (κ2) is 8.10. The summed E-state index contributed by atoms with van der Waals surface area (Å²) in [6.45, 7) is 8.25. The Morgan fingerprint density at radius 2 is 1.88 bits per heavy atom. The minimum absolute atomic E-state index is 0.0405. The highest BCUT2D eigenvalue weighted by Crippen LogP contribution is 1.94. The summed E-state index contributed by atoms with van der Waals surface area (Å²) in [6.07, 6.45) is 2.50. The maximum atomic E-state index is 11.5. The molecule has 0 saturated heterocycles. The molecule has 0 aliphatic heterocycles. The van der Waals surface area contributed by atoms with Crippen LogP contribution in [0.5, 0.6) is 0 Å². The van der Waals surface area contributed by atoms with Gasteiger partial charge in [0, 0.05) is 18.1 Å². The molecule has 0 aromatic heterocycles. The van der Waals surface area contributed by atoms with Crippen molar-refractivity contribution in [3.8, 4) is 0 Å². The van der Waals surface area contributed by atoms with E-state index < -0.39 is 0 Å². The lowest BCUT2D eigenvalue weighted by Crippen LogP contribution is -2.46. The maximum absolute atomic E-state index is 11.5. The lowest BCUT2D eigenvalue weighted by Gasteiger charge is -2.18. The van der Waals surface area contributed by atoms with Crippen molar-refractivity contribution in [3.63, 3.8) is 0 Å². The van der Waals surface area contributed by atoms with Crippen molar-refractivity contribution < 1.29 is 4.79 Å². The SMILES string of the molecule is CC=NCC(C)NC(=O)NC(C)CC(C)N. The topological polar surface area (TPSA) is 79.5 Å². The van der Waals surface area contributed by atoms with Crippen LogP contribution in [-0.4, -0.2) is 36.9 Å². The van der Waals surface area contributed by atoms with Gasteiger partial charge in [-0.05, 0) is 40.3 Å². The van der Waals surface area contributed by atoms with Crippen LogP contribution in [0, 0.1) is 0 Å². The Morgan fingerprint density at radius 1 is 1.31 bits per heavy atom. The van der Waals surface area contributed by atoms with E-state index in [4.69, 9.17) is 5.73 Å². The number of hydrogen-bond acceptors (Lipinski definition) is 3. The van der Waals surface area contributed by atoms with Crippen molar-refractivity contribution in [2.24, 2.45) is 10.7 Å². The molecule has 0 aromatic carbocycles. The van der Waals surface area contributed by atoms with Crippen molar-refractivity contribution in [2.45, 2.75) is 52.2 Å². The number of carbonyl (C=O) groups is 1. The molecule has 4 N–H and O–H groups in total. The number of aliphatic imine (C=N–C) groups is 1. The highest BCUT2D eigenvalue weighted by Gasteiger charge is 2.10. The Balaban J connectivity index is 3.80. The van der Waals surface area contributed by atoms with E-state index in [1.807, 2.05) is 27.7 Å². The molecule has 0 aliphatic rings. The number of amides is 2. The highest BCUT2D eigenvalue weighted by molar-refractivity contribution is 5.74. The van der Waals surface area contributed by atoms with Crippen molar-refractivity contribution in [1.29, 1.82) is 0 Å². The number of nitrogens with two attached hydrogens (primary N) is 1. The standard InChI is InChI=1S/C11H24N4O/c1-5-13-7-10(4)15-11(16)14-9(3)6-8(2)12/h5,8-10H,6-7,12H2,1-4H3,(H2,14,15,16). The average molecular weight is 228 g/mol. The van der Waals surface area contributed by atoms with Crippen molar-refractivity contribution >= 4 is 12.2 Å². The third-order valence-corrected chi connectivity index (χ3v) is 2.04. The number of urea groups is 1. The first kappa shape index (κ1) is 14.9. The summed E-state index contributed by atoms with van der Waals surface area (Å²) in [4.78, 5) is 15.6. The van der Waals surface area contributed by atoms with Gasteiger partial charge in [-0.1, -0.05) is 0 Å². The predicted molar refractivity (Wildman–Crippen MR) is 67.9 cm³/mol. The quantitative estimate of drug-likeness (QED) is 0.590. The third kappa shape index (κ3) is 8.23. The van der Waals surface area contributed by atoms with Gasteiger partial charge in [0.1, 0.15) is 0 Å². The molecular formula is C11H24N4O. The number of nitrogens with zero attached hydrogens (tertiary/aromatic N) is 1. The van der Waals surface area contributed by atoms with Gasteiger partial charge in [0.2, 0.25) is 0 Å². The van der Waals surface area contributed by atoms with E-state index in [9.17, 15) is 4.79 Å². The number of rotatable bonds is 6. The Bertz CT molecular complexity index is 228. The molecule has 0 heterocycles. The van der Waals surface area contributed by atoms with Gasteiger partial charge in [-0.15, -0.1) is 0 Å². The van der Waals surface area contributed by atoms with E-state index in [-0.39, 0.29) is 24.2 Å². The number of nitrogens with one attached hydrogen (secondary N) is 2. The molecule has 0 rings (SSSR count). The zero-order valence-corrected chi connectivity index (χ0v) is 10.7. The number of hydrogen-bond donors (Lipinski definition) is 3. The summed E-state index contributed by atoms with van der Waals surface area (Å²) < 4.78 is 0. The van der Waals surface area contributed by atoms with Gasteiger partial charge in [-0.3, -0.25) is 4.99 Å². The minimum atomic E-state index is -0.160. The van der Waals surface area contributed by atoms with Crippen LogP contribution in [0.1, 0.15) is 34.1 Å². The summed E-state index contributed by atoms with van der Waals surface area (Å²) >= 11 is 0. The zero-order chi connectivity index (χ0) is 12.6. The molecule has 94 valence electrons. The summed E-state index contributed by atoms with van der Waals surface area (Å²) in [6, 6.07) is 0.0601. The molecule has 0 radical (unpaired) electrons. The second-order valence-electron chi connectivity index (χ2n) is 4.26. The molecule has 0 aliphatic carbocycles. The van der Waals surface area contributed by atoms with Crippen LogP contribution in [-0.2, 0) is 0 Å². The van der Waals surface area contributed by atoms with Gasteiger partial charge in [0.15, 0.2) is 0 Å². The van der Waals surface area contributed by atoms with Gasteiger partial charge in [0.05, 0.1) is 6.54 Å². The zero-order valence-electron chi connectivity index (χ0n) is 10.7. The lowest BCUT2D eigenvalue weighted by atomic mass is 10.1. The molecule has 3 atom stereocenters. The van der Waals surface area contributed by atoms with E-state index in [1.54, 1.807) is 6.21 Å². The monoisotopic (exact) mass is 228 g/mol. The fourth-order valence-corrected chi connectivity index (χ4v) is 1.42. The molecular weight excluding hydrogens is 204 g/mol. The molecule has 3 unspecified atom stereocenters. The highest BCUT2D eigenvalue weighted by atomic mass is 16.2. The molecule has 0 fully saturated rings. The largest absolute Gasteiger partial charge is 0.336 e. The van der Waals surface area contributed by atoms with Crippen LogP contribution in [0.25, 0.3) is 0 Å². The minimum Gasteiger partial charge on any atom is -0.336 e. The summed E-state index contributed by atoms with van der Waals surface area (Å²) in [7, 11) is 0. The molecule has 0 saturated carbocycles. The Hall–Kier alpha value is -1.10. The van der Waals surface area contributed by atoms with Gasteiger partial charge in [0.25, 0.3) is 0 Å². The van der Waals surface area contributed by atoms with E-state index >= 15 is 0 Å².